The molecule has 0 bridgehead atoms. The molecule has 0 amide bonds. The number of esters is 1. The molecule has 2 fully saturated rings. The Morgan fingerprint density at radius 2 is 1.67 bits per heavy atom. The van der Waals surface area contributed by atoms with Crippen LogP contribution in [-0.2, 0) is 23.4 Å². The largest absolute Gasteiger partial charge is 0.469 e. The van der Waals surface area contributed by atoms with Gasteiger partial charge < -0.3 is 23.7 Å². The van der Waals surface area contributed by atoms with Crippen LogP contribution < -0.4 is 10.4 Å². The molecule has 6 nitrogen and oxygen atoms in total. The van der Waals surface area contributed by atoms with E-state index in [4.69, 9.17) is 18.6 Å². The van der Waals surface area contributed by atoms with Gasteiger partial charge in [0.15, 0.2) is 6.29 Å². The van der Waals surface area contributed by atoms with E-state index >= 15 is 0 Å². The highest BCUT2D eigenvalue weighted by molar-refractivity contribution is 6.99. The molecule has 0 radical (unpaired) electrons. The Hall–Kier alpha value is -2.29. The first kappa shape index (κ1) is 32.6. The number of rotatable bonds is 13. The van der Waals surface area contributed by atoms with Crippen LogP contribution in [0.3, 0.4) is 0 Å². The van der Waals surface area contributed by atoms with Crippen LogP contribution in [0.15, 0.2) is 72.8 Å². The lowest BCUT2D eigenvalue weighted by Gasteiger charge is -2.44. The molecular weight excluding hydrogens is 544 g/mol. The summed E-state index contributed by atoms with van der Waals surface area (Å²) in [5.41, 5.74) is 0. The molecule has 1 aliphatic carbocycles. The quantitative estimate of drug-likeness (QED) is 0.138. The number of ether oxygens (including phenoxy) is 3. The molecular formula is C35H50O6Si. The van der Waals surface area contributed by atoms with E-state index in [0.717, 1.165) is 45.1 Å². The standard InChI is InChI=1S/C35H50O6Si/c1-35(2,3)42(27-17-9-7-10-18-27,28-19-11-8-12-20-28)40-26-30-29(21-13-5-6-14-22-33(37)38-4)31(36)25-32(30)41-34-23-15-16-24-39-34/h5,7-13,17-20,29-32,34,36H,6,14-16,21-26H2,1-4H3/b13-5-/t29-,30-,31+,32-,34?/m0/s1. The first-order valence-electron chi connectivity index (χ1n) is 15.7. The Balaban J connectivity index is 1.59. The van der Waals surface area contributed by atoms with Crippen LogP contribution in [-0.4, -0.2) is 58.2 Å². The Bertz CT molecular complexity index is 1070. The van der Waals surface area contributed by atoms with Crippen molar-refractivity contribution in [3.05, 3.63) is 72.8 Å². The van der Waals surface area contributed by atoms with E-state index in [1.54, 1.807) is 0 Å². The fourth-order valence-electron chi connectivity index (χ4n) is 6.70. The normalized spacial score (nSPS) is 25.1. The molecule has 0 aromatic heterocycles. The van der Waals surface area contributed by atoms with Gasteiger partial charge in [0.2, 0.25) is 0 Å². The van der Waals surface area contributed by atoms with Gasteiger partial charge in [0.25, 0.3) is 8.32 Å². The van der Waals surface area contributed by atoms with Crippen LogP contribution in [0.2, 0.25) is 5.04 Å². The molecule has 1 saturated carbocycles. The first-order valence-corrected chi connectivity index (χ1v) is 17.6. The summed E-state index contributed by atoms with van der Waals surface area (Å²) < 4.78 is 24.7. The lowest BCUT2D eigenvalue weighted by Crippen LogP contribution is -2.67. The molecule has 0 spiro atoms. The van der Waals surface area contributed by atoms with Gasteiger partial charge in [-0.25, -0.2) is 0 Å². The maximum Gasteiger partial charge on any atom is 0.305 e. The van der Waals surface area contributed by atoms with Crippen molar-refractivity contribution in [1.29, 1.82) is 0 Å². The Morgan fingerprint density at radius 1 is 1.00 bits per heavy atom. The van der Waals surface area contributed by atoms with Gasteiger partial charge in [0.05, 0.1) is 19.3 Å². The number of hydrogen-bond donors (Lipinski definition) is 1. The summed E-state index contributed by atoms with van der Waals surface area (Å²) in [4.78, 5) is 11.5. The van der Waals surface area contributed by atoms with Crippen LogP contribution in [0.5, 0.6) is 0 Å². The molecule has 2 aromatic carbocycles. The zero-order chi connectivity index (χ0) is 30.0. The van der Waals surface area contributed by atoms with E-state index in [-0.39, 0.29) is 35.2 Å². The summed E-state index contributed by atoms with van der Waals surface area (Å²) in [5.74, 6) is -0.152. The highest BCUT2D eigenvalue weighted by Crippen LogP contribution is 2.42. The summed E-state index contributed by atoms with van der Waals surface area (Å²) >= 11 is 0. The van der Waals surface area contributed by atoms with Crippen molar-refractivity contribution >= 4 is 24.7 Å². The van der Waals surface area contributed by atoms with Gasteiger partial charge in [-0.05, 0) is 59.9 Å². The molecule has 4 rings (SSSR count). The molecule has 1 heterocycles. The summed E-state index contributed by atoms with van der Waals surface area (Å²) in [5, 5.41) is 13.7. The summed E-state index contributed by atoms with van der Waals surface area (Å²) in [6.45, 7) is 8.10. The van der Waals surface area contributed by atoms with Gasteiger partial charge in [-0.2, -0.15) is 0 Å². The Labute approximate surface area is 253 Å². The predicted octanol–water partition coefficient (Wildman–Crippen LogP) is 5.76. The van der Waals surface area contributed by atoms with E-state index in [1.807, 2.05) is 0 Å². The molecule has 2 aromatic rings. The third-order valence-electron chi connectivity index (χ3n) is 8.92. The van der Waals surface area contributed by atoms with Crippen molar-refractivity contribution in [3.63, 3.8) is 0 Å². The lowest BCUT2D eigenvalue weighted by molar-refractivity contribution is -0.197. The fraction of sp³-hybridized carbons (Fsp3) is 0.571. The minimum atomic E-state index is -2.74. The molecule has 1 N–H and O–H groups in total. The monoisotopic (exact) mass is 594 g/mol. The van der Waals surface area contributed by atoms with Crippen LogP contribution >= 0.6 is 0 Å². The number of carbonyl (C=O) groups excluding carboxylic acids is 1. The lowest BCUT2D eigenvalue weighted by atomic mass is 9.91. The minimum absolute atomic E-state index is 0.00802. The smallest absolute Gasteiger partial charge is 0.305 e. The minimum Gasteiger partial charge on any atom is -0.469 e. The molecule has 1 aliphatic heterocycles. The van der Waals surface area contributed by atoms with Gasteiger partial charge in [-0.1, -0.05) is 93.6 Å². The Morgan fingerprint density at radius 3 is 2.24 bits per heavy atom. The van der Waals surface area contributed by atoms with Gasteiger partial charge in [0.1, 0.15) is 0 Å². The van der Waals surface area contributed by atoms with Crippen molar-refractivity contribution in [2.24, 2.45) is 11.8 Å². The van der Waals surface area contributed by atoms with Crippen molar-refractivity contribution in [1.82, 2.24) is 0 Å². The topological polar surface area (TPSA) is 74.2 Å². The SMILES string of the molecule is COC(=O)CCC/C=C\C[C@H]1[C@H](CO[Si](c2ccccc2)(c2ccccc2)C(C)(C)C)[C@@H](OC2CCCCO2)C[C@H]1O. The molecule has 2 aliphatic rings. The van der Waals surface area contributed by atoms with Crippen LogP contribution in [0, 0.1) is 11.8 Å². The van der Waals surface area contributed by atoms with Crippen molar-refractivity contribution in [2.75, 3.05) is 20.3 Å². The number of aliphatic hydroxyl groups excluding tert-OH is 1. The molecule has 7 heteroatoms. The summed E-state index contributed by atoms with van der Waals surface area (Å²) in [6.07, 6.45) is 9.77. The van der Waals surface area contributed by atoms with Crippen molar-refractivity contribution < 1.29 is 28.5 Å². The Kier molecular flexibility index (Phi) is 12.0. The second kappa shape index (κ2) is 15.4. The van der Waals surface area contributed by atoms with Crippen molar-refractivity contribution in [3.8, 4) is 0 Å². The first-order chi connectivity index (χ1) is 20.3. The highest BCUT2D eigenvalue weighted by atomic mass is 28.4. The molecule has 230 valence electrons. The zero-order valence-corrected chi connectivity index (χ0v) is 26.9. The average molecular weight is 595 g/mol. The number of allylic oxidation sites excluding steroid dienone is 2. The molecule has 1 unspecified atom stereocenters. The third kappa shape index (κ3) is 8.00. The number of aliphatic hydroxyl groups is 1. The predicted molar refractivity (Wildman–Crippen MR) is 169 cm³/mol. The van der Waals surface area contributed by atoms with Crippen molar-refractivity contribution in [2.45, 2.75) is 95.7 Å². The second-order valence-electron chi connectivity index (χ2n) is 12.8. The fourth-order valence-corrected chi connectivity index (χ4v) is 11.3. The average Bonchev–Trinajstić information content (AvgIpc) is 3.29. The number of benzene rings is 2. The molecule has 5 atom stereocenters. The van der Waals surface area contributed by atoms with E-state index in [1.165, 1.54) is 17.5 Å². The maximum atomic E-state index is 11.5. The van der Waals surface area contributed by atoms with E-state index < -0.39 is 14.4 Å². The number of carbonyl (C=O) groups is 1. The highest BCUT2D eigenvalue weighted by Gasteiger charge is 2.52. The molecule has 42 heavy (non-hydrogen) atoms. The summed E-state index contributed by atoms with van der Waals surface area (Å²) in [7, 11) is -1.32. The zero-order valence-electron chi connectivity index (χ0n) is 25.9. The van der Waals surface area contributed by atoms with E-state index in [0.29, 0.717) is 19.4 Å². The third-order valence-corrected chi connectivity index (χ3v) is 13.9. The maximum absolute atomic E-state index is 11.5. The van der Waals surface area contributed by atoms with Gasteiger partial charge in [0, 0.05) is 32.0 Å². The van der Waals surface area contributed by atoms with Crippen LogP contribution in [0.1, 0.15) is 72.1 Å². The van der Waals surface area contributed by atoms with Gasteiger partial charge in [-0.15, -0.1) is 0 Å². The van der Waals surface area contributed by atoms with E-state index in [2.05, 4.69) is 93.6 Å². The molecule has 1 saturated heterocycles. The van der Waals surface area contributed by atoms with E-state index in [9.17, 15) is 9.90 Å². The second-order valence-corrected chi connectivity index (χ2v) is 17.1. The van der Waals surface area contributed by atoms with Crippen LogP contribution in [0.4, 0.5) is 0 Å². The number of unbranched alkanes of at least 4 members (excludes halogenated alkanes) is 1. The van der Waals surface area contributed by atoms with Gasteiger partial charge >= 0.3 is 5.97 Å². The van der Waals surface area contributed by atoms with Gasteiger partial charge in [-0.3, -0.25) is 4.79 Å². The summed E-state index contributed by atoms with van der Waals surface area (Å²) in [6, 6.07) is 21.4. The van der Waals surface area contributed by atoms with Crippen LogP contribution in [0.25, 0.3) is 0 Å². The number of hydrogen-bond acceptors (Lipinski definition) is 6. The number of methoxy groups -OCH3 is 1.